The molecule has 1 aromatic heterocycles. The first kappa shape index (κ1) is 26.9. The van der Waals surface area contributed by atoms with Gasteiger partial charge in [-0.25, -0.2) is 9.98 Å². The number of aromatic nitrogens is 1. The van der Waals surface area contributed by atoms with Gasteiger partial charge in [0.1, 0.15) is 5.82 Å². The maximum atomic E-state index is 12.1. The number of hydrogen-bond acceptors (Lipinski definition) is 5. The molecule has 1 saturated heterocycles. The summed E-state index contributed by atoms with van der Waals surface area (Å²) in [5.74, 6) is 1.08. The molecule has 1 aromatic rings. The van der Waals surface area contributed by atoms with Gasteiger partial charge in [-0.1, -0.05) is 6.07 Å². The van der Waals surface area contributed by atoms with Crippen LogP contribution in [0, 0.1) is 5.92 Å². The number of amides is 2. The van der Waals surface area contributed by atoms with E-state index in [1.807, 2.05) is 39.8 Å². The number of nitrogens with zero attached hydrogens (tertiary/aromatic N) is 3. The molecule has 2 amide bonds. The number of aliphatic imine (C=N–C) groups is 1. The Morgan fingerprint density at radius 1 is 1.26 bits per heavy atom. The fourth-order valence-electron chi connectivity index (χ4n) is 3.35. The normalized spacial score (nSPS) is 15.1. The molecule has 1 aliphatic rings. The lowest BCUT2D eigenvalue weighted by atomic mass is 9.96. The van der Waals surface area contributed by atoms with Gasteiger partial charge >= 0.3 is 0 Å². The smallest absolute Gasteiger partial charge is 0.239 e. The monoisotopic (exact) mass is 545 g/mol. The number of halogens is 1. The summed E-state index contributed by atoms with van der Waals surface area (Å²) in [6.45, 7) is 10.6. The zero-order valence-corrected chi connectivity index (χ0v) is 21.2. The number of pyridine rings is 1. The molecule has 2 heterocycles. The number of guanidine groups is 1. The third-order valence-corrected chi connectivity index (χ3v) is 4.75. The van der Waals surface area contributed by atoms with E-state index in [4.69, 9.17) is 5.73 Å². The van der Waals surface area contributed by atoms with Crippen molar-refractivity contribution in [1.82, 2.24) is 20.9 Å². The molecule has 0 saturated carbocycles. The van der Waals surface area contributed by atoms with Gasteiger partial charge in [-0.3, -0.25) is 9.59 Å². The maximum absolute atomic E-state index is 12.1. The molecule has 10 heteroatoms. The second-order valence-electron chi connectivity index (χ2n) is 8.50. The first-order valence-electron chi connectivity index (χ1n) is 10.5. The molecular formula is C21H36IN7O2. The van der Waals surface area contributed by atoms with Crippen LogP contribution >= 0.6 is 24.0 Å². The van der Waals surface area contributed by atoms with Crippen molar-refractivity contribution in [3.63, 3.8) is 0 Å². The standard InChI is InChI=1S/C21H35N7O2.HI/c1-5-23-20(26-14-17(29)27-21(2,3)4)25-13-16-7-6-10-24-19(16)28-11-8-15(9-12-28)18(22)30;/h6-7,10,15H,5,8-9,11-14H2,1-4H3,(H2,22,30)(H,27,29)(H2,23,25,26);1H. The highest BCUT2D eigenvalue weighted by molar-refractivity contribution is 14.0. The lowest BCUT2D eigenvalue weighted by Gasteiger charge is -2.32. The number of piperidine rings is 1. The predicted molar refractivity (Wildman–Crippen MR) is 134 cm³/mol. The van der Waals surface area contributed by atoms with Crippen molar-refractivity contribution in [2.75, 3.05) is 31.1 Å². The third-order valence-electron chi connectivity index (χ3n) is 4.75. The molecule has 0 atom stereocenters. The van der Waals surface area contributed by atoms with Crippen LogP contribution in [0.4, 0.5) is 5.82 Å². The molecule has 5 N–H and O–H groups in total. The average Bonchev–Trinajstić information content (AvgIpc) is 2.69. The second-order valence-corrected chi connectivity index (χ2v) is 8.50. The highest BCUT2D eigenvalue weighted by Crippen LogP contribution is 2.24. The average molecular weight is 545 g/mol. The summed E-state index contributed by atoms with van der Waals surface area (Å²) in [5.41, 5.74) is 6.16. The first-order chi connectivity index (χ1) is 14.2. The number of anilines is 1. The minimum Gasteiger partial charge on any atom is -0.369 e. The lowest BCUT2D eigenvalue weighted by molar-refractivity contribution is -0.122. The molecule has 0 spiro atoms. The summed E-state index contributed by atoms with van der Waals surface area (Å²) in [5, 5.41) is 9.15. The Balaban J connectivity index is 0.00000480. The molecule has 1 fully saturated rings. The fraction of sp³-hybridized carbons (Fsp3) is 0.619. The highest BCUT2D eigenvalue weighted by atomic mass is 127. The molecule has 0 unspecified atom stereocenters. The van der Waals surface area contributed by atoms with E-state index in [0.717, 1.165) is 37.3 Å². The largest absolute Gasteiger partial charge is 0.369 e. The molecule has 0 aromatic carbocycles. The third kappa shape index (κ3) is 9.28. The Labute approximate surface area is 202 Å². The van der Waals surface area contributed by atoms with Crippen LogP contribution in [-0.4, -0.2) is 54.5 Å². The van der Waals surface area contributed by atoms with E-state index in [9.17, 15) is 9.59 Å². The van der Waals surface area contributed by atoms with Gasteiger partial charge in [0, 0.05) is 42.9 Å². The van der Waals surface area contributed by atoms with Crippen molar-refractivity contribution in [3.8, 4) is 0 Å². The number of primary amides is 1. The number of nitrogens with two attached hydrogens (primary N) is 1. The molecule has 0 radical (unpaired) electrons. The molecule has 31 heavy (non-hydrogen) atoms. The van der Waals surface area contributed by atoms with Gasteiger partial charge in [-0.2, -0.15) is 0 Å². The van der Waals surface area contributed by atoms with Gasteiger partial charge in [-0.15, -0.1) is 24.0 Å². The van der Waals surface area contributed by atoms with Crippen molar-refractivity contribution in [2.24, 2.45) is 16.6 Å². The van der Waals surface area contributed by atoms with Crippen molar-refractivity contribution < 1.29 is 9.59 Å². The summed E-state index contributed by atoms with van der Waals surface area (Å²) in [4.78, 5) is 34.8. The highest BCUT2D eigenvalue weighted by Gasteiger charge is 2.25. The lowest BCUT2D eigenvalue weighted by Crippen LogP contribution is -2.48. The van der Waals surface area contributed by atoms with E-state index in [0.29, 0.717) is 19.0 Å². The number of carbonyl (C=O) groups is 2. The number of nitrogens with one attached hydrogen (secondary N) is 3. The maximum Gasteiger partial charge on any atom is 0.239 e. The minimum atomic E-state index is -0.277. The van der Waals surface area contributed by atoms with E-state index in [2.05, 4.69) is 30.8 Å². The Hall–Kier alpha value is -2.11. The second kappa shape index (κ2) is 12.7. The molecular weight excluding hydrogens is 509 g/mol. The topological polar surface area (TPSA) is 125 Å². The molecule has 0 aliphatic carbocycles. The van der Waals surface area contributed by atoms with Crippen LogP contribution in [0.2, 0.25) is 0 Å². The number of carbonyl (C=O) groups excluding carboxylic acids is 2. The minimum absolute atomic E-state index is 0. The molecule has 174 valence electrons. The van der Waals surface area contributed by atoms with Crippen LogP contribution in [0.25, 0.3) is 0 Å². The summed E-state index contributed by atoms with van der Waals surface area (Å²) in [7, 11) is 0. The molecule has 2 rings (SSSR count). The first-order valence-corrected chi connectivity index (χ1v) is 10.5. The van der Waals surface area contributed by atoms with Crippen LogP contribution < -0.4 is 26.6 Å². The molecule has 9 nitrogen and oxygen atoms in total. The van der Waals surface area contributed by atoms with E-state index in [1.54, 1.807) is 6.20 Å². The van der Waals surface area contributed by atoms with Gasteiger partial charge in [0.2, 0.25) is 11.8 Å². The van der Waals surface area contributed by atoms with Crippen molar-refractivity contribution >= 4 is 47.6 Å². The van der Waals surface area contributed by atoms with Crippen LogP contribution in [-0.2, 0) is 16.1 Å². The fourth-order valence-corrected chi connectivity index (χ4v) is 3.35. The quantitative estimate of drug-likeness (QED) is 0.233. The van der Waals surface area contributed by atoms with Crippen molar-refractivity contribution in [3.05, 3.63) is 23.9 Å². The van der Waals surface area contributed by atoms with Crippen LogP contribution in [0.3, 0.4) is 0 Å². The van der Waals surface area contributed by atoms with Crippen molar-refractivity contribution in [2.45, 2.75) is 52.6 Å². The van der Waals surface area contributed by atoms with E-state index in [-0.39, 0.29) is 53.8 Å². The summed E-state index contributed by atoms with van der Waals surface area (Å²) in [6.07, 6.45) is 3.24. The van der Waals surface area contributed by atoms with Crippen LogP contribution in [0.15, 0.2) is 23.3 Å². The van der Waals surface area contributed by atoms with E-state index in [1.165, 1.54) is 0 Å². The summed E-state index contributed by atoms with van der Waals surface area (Å²) < 4.78 is 0. The zero-order valence-electron chi connectivity index (χ0n) is 18.9. The van der Waals surface area contributed by atoms with Gasteiger partial charge in [-0.05, 0) is 46.6 Å². The van der Waals surface area contributed by atoms with E-state index >= 15 is 0 Å². The SMILES string of the molecule is CCNC(=NCc1cccnc1N1CCC(C(N)=O)CC1)NCC(=O)NC(C)(C)C.I. The van der Waals surface area contributed by atoms with Crippen molar-refractivity contribution in [1.29, 1.82) is 0 Å². The van der Waals surface area contributed by atoms with Gasteiger partial charge in [0.25, 0.3) is 0 Å². The zero-order chi connectivity index (χ0) is 22.1. The van der Waals surface area contributed by atoms with Gasteiger partial charge in [0.15, 0.2) is 5.96 Å². The van der Waals surface area contributed by atoms with Crippen LogP contribution in [0.5, 0.6) is 0 Å². The Bertz CT molecular complexity index is 756. The number of rotatable bonds is 7. The Kier molecular flexibility index (Phi) is 11.0. The Morgan fingerprint density at radius 2 is 1.94 bits per heavy atom. The number of hydrogen-bond donors (Lipinski definition) is 4. The summed E-state index contributed by atoms with van der Waals surface area (Å²) >= 11 is 0. The van der Waals surface area contributed by atoms with Gasteiger partial charge < -0.3 is 26.6 Å². The van der Waals surface area contributed by atoms with Crippen LogP contribution in [0.1, 0.15) is 46.1 Å². The predicted octanol–water partition coefficient (Wildman–Crippen LogP) is 1.37. The van der Waals surface area contributed by atoms with E-state index < -0.39 is 0 Å². The molecule has 0 bridgehead atoms. The summed E-state index contributed by atoms with van der Waals surface area (Å²) in [6, 6.07) is 3.89. The van der Waals surface area contributed by atoms with Gasteiger partial charge in [0.05, 0.1) is 13.1 Å². The Morgan fingerprint density at radius 3 is 2.52 bits per heavy atom. The molecule has 1 aliphatic heterocycles.